The third-order valence-corrected chi connectivity index (χ3v) is 3.75. The number of ether oxygens (including phenoxy) is 1. The van der Waals surface area contributed by atoms with Gasteiger partial charge < -0.3 is 14.6 Å². The summed E-state index contributed by atoms with van der Waals surface area (Å²) in [5.41, 5.74) is 1.56. The molecule has 1 aromatic carbocycles. The Morgan fingerprint density at radius 1 is 1.35 bits per heavy atom. The van der Waals surface area contributed by atoms with Gasteiger partial charge in [-0.1, -0.05) is 12.0 Å². The summed E-state index contributed by atoms with van der Waals surface area (Å²) in [6.45, 7) is 5.75. The second-order valence-corrected chi connectivity index (χ2v) is 6.59. The molecule has 1 aliphatic heterocycles. The SMILES string of the molecule is C#Cc1ccc2ccc(=O)n3c2c1C(NC(=O)OC(C)(C)C)C3. The first-order valence-electron chi connectivity index (χ1n) is 7.43. The van der Waals surface area contributed by atoms with Gasteiger partial charge in [-0.25, -0.2) is 4.79 Å². The van der Waals surface area contributed by atoms with Crippen molar-refractivity contribution in [1.29, 1.82) is 0 Å². The number of nitrogens with zero attached hydrogens (tertiary/aromatic N) is 1. The Kier molecular flexibility index (Phi) is 3.41. The number of nitrogens with one attached hydrogen (secondary N) is 1. The highest BCUT2D eigenvalue weighted by Crippen LogP contribution is 2.33. The Hall–Kier alpha value is -2.74. The Labute approximate surface area is 134 Å². The predicted molar refractivity (Wildman–Crippen MR) is 88.3 cm³/mol. The van der Waals surface area contributed by atoms with Gasteiger partial charge in [-0.2, -0.15) is 0 Å². The van der Waals surface area contributed by atoms with Crippen LogP contribution in [0.25, 0.3) is 10.9 Å². The van der Waals surface area contributed by atoms with E-state index in [0.717, 1.165) is 16.5 Å². The molecule has 0 radical (unpaired) electrons. The molecule has 2 aromatic rings. The fourth-order valence-electron chi connectivity index (χ4n) is 2.92. The number of amides is 1. The monoisotopic (exact) mass is 310 g/mol. The van der Waals surface area contributed by atoms with Crippen molar-refractivity contribution in [1.82, 2.24) is 9.88 Å². The van der Waals surface area contributed by atoms with Gasteiger partial charge in [0.2, 0.25) is 0 Å². The summed E-state index contributed by atoms with van der Waals surface area (Å²) < 4.78 is 6.96. The number of aromatic nitrogens is 1. The summed E-state index contributed by atoms with van der Waals surface area (Å²) in [7, 11) is 0. The van der Waals surface area contributed by atoms with E-state index in [1.54, 1.807) is 31.4 Å². The van der Waals surface area contributed by atoms with E-state index >= 15 is 0 Å². The minimum Gasteiger partial charge on any atom is -0.444 e. The van der Waals surface area contributed by atoms with Gasteiger partial charge in [-0.3, -0.25) is 4.79 Å². The lowest BCUT2D eigenvalue weighted by molar-refractivity contribution is 0.0501. The fraction of sp³-hybridized carbons (Fsp3) is 0.333. The van der Waals surface area contributed by atoms with Crippen LogP contribution in [0.3, 0.4) is 0 Å². The first-order chi connectivity index (χ1) is 10.8. The van der Waals surface area contributed by atoms with Gasteiger partial charge >= 0.3 is 6.09 Å². The third-order valence-electron chi connectivity index (χ3n) is 3.75. The van der Waals surface area contributed by atoms with E-state index in [1.165, 1.54) is 6.07 Å². The molecule has 5 nitrogen and oxygen atoms in total. The van der Waals surface area contributed by atoms with Crippen molar-refractivity contribution >= 4 is 17.0 Å². The summed E-state index contributed by atoms with van der Waals surface area (Å²) in [5.74, 6) is 2.64. The van der Waals surface area contributed by atoms with E-state index in [-0.39, 0.29) is 11.6 Å². The molecule has 0 bridgehead atoms. The smallest absolute Gasteiger partial charge is 0.408 e. The molecule has 1 aromatic heterocycles. The van der Waals surface area contributed by atoms with Crippen molar-refractivity contribution < 1.29 is 9.53 Å². The quantitative estimate of drug-likeness (QED) is 0.824. The highest BCUT2D eigenvalue weighted by atomic mass is 16.6. The average Bonchev–Trinajstić information content (AvgIpc) is 2.82. The van der Waals surface area contributed by atoms with E-state index in [4.69, 9.17) is 11.2 Å². The Morgan fingerprint density at radius 2 is 2.04 bits per heavy atom. The molecule has 0 aliphatic carbocycles. The van der Waals surface area contributed by atoms with Crippen LogP contribution in [0, 0.1) is 12.3 Å². The second kappa shape index (κ2) is 5.17. The van der Waals surface area contributed by atoms with Gasteiger partial charge in [0.1, 0.15) is 5.60 Å². The average molecular weight is 310 g/mol. The van der Waals surface area contributed by atoms with Crippen LogP contribution >= 0.6 is 0 Å². The van der Waals surface area contributed by atoms with Gasteiger partial charge in [-0.15, -0.1) is 6.42 Å². The fourth-order valence-corrected chi connectivity index (χ4v) is 2.92. The molecule has 1 atom stereocenters. The molecule has 2 heterocycles. The van der Waals surface area contributed by atoms with Crippen LogP contribution < -0.4 is 10.9 Å². The molecule has 1 aliphatic rings. The highest BCUT2D eigenvalue weighted by molar-refractivity contribution is 5.87. The number of pyridine rings is 1. The van der Waals surface area contributed by atoms with E-state index in [0.29, 0.717) is 12.1 Å². The summed E-state index contributed by atoms with van der Waals surface area (Å²) in [4.78, 5) is 24.2. The minimum absolute atomic E-state index is 0.110. The maximum atomic E-state index is 12.1. The van der Waals surface area contributed by atoms with E-state index in [1.807, 2.05) is 12.1 Å². The molecular weight excluding hydrogens is 292 g/mol. The predicted octanol–water partition coefficient (Wildman–Crippen LogP) is 2.56. The van der Waals surface area contributed by atoms with Crippen molar-refractivity contribution in [2.75, 3.05) is 0 Å². The van der Waals surface area contributed by atoms with Crippen molar-refractivity contribution in [2.45, 2.75) is 39.0 Å². The zero-order valence-corrected chi connectivity index (χ0v) is 13.3. The molecule has 0 spiro atoms. The largest absolute Gasteiger partial charge is 0.444 e. The Morgan fingerprint density at radius 3 is 2.70 bits per heavy atom. The van der Waals surface area contributed by atoms with Crippen LogP contribution in [0.5, 0.6) is 0 Å². The Balaban J connectivity index is 2.05. The standard InChI is InChI=1S/C18H18N2O3/c1-5-11-6-7-12-8-9-14(21)20-10-13(15(11)16(12)20)19-17(22)23-18(2,3)4/h1,6-9,13H,10H2,2-4H3,(H,19,22). The van der Waals surface area contributed by atoms with Gasteiger partial charge in [-0.05, 0) is 38.3 Å². The van der Waals surface area contributed by atoms with Crippen LogP contribution in [0.2, 0.25) is 0 Å². The molecule has 3 rings (SSSR count). The van der Waals surface area contributed by atoms with Gasteiger partial charge in [0.05, 0.1) is 18.1 Å². The zero-order valence-electron chi connectivity index (χ0n) is 13.3. The van der Waals surface area contributed by atoms with Crippen LogP contribution in [-0.4, -0.2) is 16.3 Å². The maximum Gasteiger partial charge on any atom is 0.408 e. The first kappa shape index (κ1) is 15.2. The number of hydrogen-bond donors (Lipinski definition) is 1. The lowest BCUT2D eigenvalue weighted by Crippen LogP contribution is -2.35. The number of terminal acetylenes is 1. The minimum atomic E-state index is -0.590. The maximum absolute atomic E-state index is 12.1. The molecule has 0 saturated heterocycles. The normalized spacial score (nSPS) is 16.2. The zero-order chi connectivity index (χ0) is 16.8. The molecule has 1 unspecified atom stereocenters. The molecule has 118 valence electrons. The molecular formula is C18H18N2O3. The van der Waals surface area contributed by atoms with E-state index < -0.39 is 11.7 Å². The summed E-state index contributed by atoms with van der Waals surface area (Å²) in [5, 5.41) is 3.75. The number of rotatable bonds is 1. The summed E-state index contributed by atoms with van der Waals surface area (Å²) in [6.07, 6.45) is 5.07. The summed E-state index contributed by atoms with van der Waals surface area (Å²) in [6, 6.07) is 6.64. The molecule has 1 N–H and O–H groups in total. The summed E-state index contributed by atoms with van der Waals surface area (Å²) >= 11 is 0. The van der Waals surface area contributed by atoms with Crippen molar-refractivity contribution in [3.8, 4) is 12.3 Å². The van der Waals surface area contributed by atoms with Crippen LogP contribution in [0.4, 0.5) is 4.79 Å². The number of hydrogen-bond acceptors (Lipinski definition) is 3. The lowest BCUT2D eigenvalue weighted by Gasteiger charge is -2.22. The number of carbonyl (C=O) groups excluding carboxylic acids is 1. The first-order valence-corrected chi connectivity index (χ1v) is 7.43. The van der Waals surface area contributed by atoms with E-state index in [9.17, 15) is 9.59 Å². The van der Waals surface area contributed by atoms with Crippen molar-refractivity contribution in [2.24, 2.45) is 0 Å². The van der Waals surface area contributed by atoms with Gasteiger partial charge in [0.25, 0.3) is 5.56 Å². The number of benzene rings is 1. The van der Waals surface area contributed by atoms with Crippen molar-refractivity contribution in [3.63, 3.8) is 0 Å². The molecule has 0 fully saturated rings. The number of alkyl carbamates (subject to hydrolysis) is 1. The molecule has 0 saturated carbocycles. The van der Waals surface area contributed by atoms with E-state index in [2.05, 4.69) is 11.2 Å². The third kappa shape index (κ3) is 2.68. The molecule has 23 heavy (non-hydrogen) atoms. The number of carbonyl (C=O) groups is 1. The highest BCUT2D eigenvalue weighted by Gasteiger charge is 2.30. The second-order valence-electron chi connectivity index (χ2n) is 6.59. The van der Waals surface area contributed by atoms with Crippen LogP contribution in [0.1, 0.15) is 37.9 Å². The molecule has 1 amide bonds. The topological polar surface area (TPSA) is 60.3 Å². The molecule has 5 heteroatoms. The van der Waals surface area contributed by atoms with Crippen LogP contribution in [0.15, 0.2) is 29.1 Å². The van der Waals surface area contributed by atoms with Crippen molar-refractivity contribution in [3.05, 3.63) is 45.7 Å². The Bertz CT molecular complexity index is 897. The lowest BCUT2D eigenvalue weighted by atomic mass is 10.00. The van der Waals surface area contributed by atoms with Gasteiger partial charge in [0.15, 0.2) is 0 Å². The van der Waals surface area contributed by atoms with Crippen LogP contribution in [-0.2, 0) is 11.3 Å². The van der Waals surface area contributed by atoms with Gasteiger partial charge in [0, 0.05) is 17.2 Å².